The minimum absolute atomic E-state index is 0. The highest BCUT2D eigenvalue weighted by Crippen LogP contribution is 2.28. The molecule has 0 aliphatic carbocycles. The van der Waals surface area contributed by atoms with Crippen molar-refractivity contribution in [2.45, 2.75) is 51.5 Å². The van der Waals surface area contributed by atoms with Crippen molar-refractivity contribution in [2.24, 2.45) is 11.8 Å². The summed E-state index contributed by atoms with van der Waals surface area (Å²) in [5.41, 5.74) is 1.94. The number of amides is 1. The molecule has 2 fully saturated rings. The number of nitrogens with zero attached hydrogens (tertiary/aromatic N) is 1. The van der Waals surface area contributed by atoms with Gasteiger partial charge in [0.2, 0.25) is 5.91 Å². The van der Waals surface area contributed by atoms with E-state index in [2.05, 4.69) is 19.2 Å². The lowest BCUT2D eigenvalue weighted by Crippen LogP contribution is -2.47. The number of piperidine rings is 1. The van der Waals surface area contributed by atoms with Crippen molar-refractivity contribution in [1.82, 2.24) is 10.2 Å². The van der Waals surface area contributed by atoms with Crippen LogP contribution in [-0.4, -0.2) is 48.2 Å². The summed E-state index contributed by atoms with van der Waals surface area (Å²) in [6.45, 7) is 4.78. The molecule has 0 spiro atoms. The zero-order chi connectivity index (χ0) is 19.6. The smallest absolute Gasteiger partial charge is 0.262 e. The van der Waals surface area contributed by atoms with Gasteiger partial charge < -0.3 is 4.90 Å². The van der Waals surface area contributed by atoms with E-state index in [1.54, 1.807) is 4.90 Å². The first-order chi connectivity index (χ1) is 12.7. The van der Waals surface area contributed by atoms with Crippen LogP contribution >= 0.6 is 12.4 Å². The van der Waals surface area contributed by atoms with E-state index < -0.39 is 24.9 Å². The van der Waals surface area contributed by atoms with E-state index in [-0.39, 0.29) is 30.0 Å². The van der Waals surface area contributed by atoms with E-state index in [4.69, 9.17) is 0 Å². The van der Waals surface area contributed by atoms with Crippen molar-refractivity contribution in [2.75, 3.05) is 19.6 Å². The van der Waals surface area contributed by atoms with E-state index in [9.17, 15) is 18.4 Å². The lowest BCUT2D eigenvalue weighted by atomic mass is 9.88. The fourth-order valence-corrected chi connectivity index (χ4v) is 3.98. The Hall–Kier alpha value is -1.53. The van der Waals surface area contributed by atoms with Gasteiger partial charge in [-0.05, 0) is 30.7 Å². The van der Waals surface area contributed by atoms with Gasteiger partial charge >= 0.3 is 0 Å². The summed E-state index contributed by atoms with van der Waals surface area (Å²) in [5.74, 6) is -2.50. The molecule has 0 radical (unpaired) electrons. The van der Waals surface area contributed by atoms with Gasteiger partial charge in [-0.2, -0.15) is 0 Å². The maximum atomic E-state index is 13.3. The maximum absolute atomic E-state index is 13.3. The Morgan fingerprint density at radius 1 is 1.18 bits per heavy atom. The van der Waals surface area contributed by atoms with Crippen molar-refractivity contribution < 1.29 is 18.4 Å². The third-order valence-corrected chi connectivity index (χ3v) is 5.47. The Labute approximate surface area is 171 Å². The summed E-state index contributed by atoms with van der Waals surface area (Å²) in [6.07, 6.45) is 1.72. The Kier molecular flexibility index (Phi) is 7.57. The third kappa shape index (κ3) is 5.51. The summed E-state index contributed by atoms with van der Waals surface area (Å²) in [7, 11) is 0. The summed E-state index contributed by atoms with van der Waals surface area (Å²) < 4.78 is 26.6. The molecule has 0 aromatic heterocycles. The number of hydrogen-bond acceptors (Lipinski definition) is 3. The summed E-state index contributed by atoms with van der Waals surface area (Å²) >= 11 is 0. The van der Waals surface area contributed by atoms with Gasteiger partial charge in [0, 0.05) is 31.0 Å². The molecule has 1 aromatic rings. The molecule has 28 heavy (non-hydrogen) atoms. The minimum Gasteiger partial charge on any atom is -0.341 e. The molecule has 1 aromatic carbocycles. The number of Topliss-reactive ketones (excluding diaryl/α,β-unsaturated/α-hetero) is 1. The van der Waals surface area contributed by atoms with Gasteiger partial charge in [0.15, 0.2) is 5.78 Å². The number of nitrogens with one attached hydrogen (secondary N) is 1. The number of halogens is 3. The average molecular weight is 415 g/mol. The molecule has 2 aliphatic heterocycles. The number of ketones is 1. The number of carbonyl (C=O) groups is 2. The van der Waals surface area contributed by atoms with Crippen LogP contribution in [-0.2, 0) is 11.2 Å². The molecule has 2 saturated heterocycles. The molecule has 3 rings (SSSR count). The Morgan fingerprint density at radius 3 is 2.29 bits per heavy atom. The van der Waals surface area contributed by atoms with Crippen LogP contribution in [0.1, 0.15) is 49.0 Å². The van der Waals surface area contributed by atoms with Crippen LogP contribution in [0.5, 0.6) is 0 Å². The first kappa shape index (κ1) is 22.8. The highest BCUT2D eigenvalue weighted by atomic mass is 35.5. The third-order valence-electron chi connectivity index (χ3n) is 5.47. The summed E-state index contributed by atoms with van der Waals surface area (Å²) in [6, 6.07) is 7.00. The van der Waals surface area contributed by atoms with E-state index in [1.807, 2.05) is 24.3 Å². The second-order valence-corrected chi connectivity index (χ2v) is 8.25. The molecule has 2 aliphatic rings. The molecule has 1 atom stereocenters. The van der Waals surface area contributed by atoms with Crippen molar-refractivity contribution in [1.29, 1.82) is 0 Å². The molecule has 4 nitrogen and oxygen atoms in total. The second kappa shape index (κ2) is 9.31. The number of likely N-dealkylation sites (tertiary alicyclic amines) is 1. The molecule has 0 bridgehead atoms. The molecular formula is C21H29ClF2N2O2. The van der Waals surface area contributed by atoms with Crippen LogP contribution in [0, 0.1) is 11.8 Å². The standard InChI is InChI=1S/C21H28F2N2O2.ClH/c1-14(2)11-15-3-5-16(6-4-15)19(26)17-7-9-25(10-8-17)20(27)18-12-21(22,23)13-24-18;/h3-6,14,17-18,24H,7-13H2,1-2H3;1H. The minimum atomic E-state index is -2.81. The van der Waals surface area contributed by atoms with E-state index >= 15 is 0 Å². The van der Waals surface area contributed by atoms with Gasteiger partial charge in [0.25, 0.3) is 5.92 Å². The fourth-order valence-electron chi connectivity index (χ4n) is 3.98. The maximum Gasteiger partial charge on any atom is 0.262 e. The van der Waals surface area contributed by atoms with Crippen molar-refractivity contribution >= 4 is 24.1 Å². The van der Waals surface area contributed by atoms with Crippen LogP contribution in [0.15, 0.2) is 24.3 Å². The molecule has 1 unspecified atom stereocenters. The molecule has 7 heteroatoms. The normalized spacial score (nSPS) is 22.2. The first-order valence-electron chi connectivity index (χ1n) is 9.78. The largest absolute Gasteiger partial charge is 0.341 e. The van der Waals surface area contributed by atoms with E-state index in [1.165, 1.54) is 5.56 Å². The van der Waals surface area contributed by atoms with Gasteiger partial charge in [-0.15, -0.1) is 12.4 Å². The van der Waals surface area contributed by atoms with Crippen LogP contribution < -0.4 is 5.32 Å². The van der Waals surface area contributed by atoms with E-state index in [0.29, 0.717) is 37.4 Å². The number of hydrogen-bond donors (Lipinski definition) is 1. The molecule has 1 amide bonds. The quantitative estimate of drug-likeness (QED) is 0.747. The van der Waals surface area contributed by atoms with Gasteiger partial charge in [0.05, 0.1) is 12.6 Å². The molecule has 156 valence electrons. The molecule has 1 N–H and O–H groups in total. The number of rotatable bonds is 5. The lowest BCUT2D eigenvalue weighted by Gasteiger charge is -2.33. The number of carbonyl (C=O) groups excluding carboxylic acids is 2. The predicted molar refractivity (Wildman–Crippen MR) is 107 cm³/mol. The topological polar surface area (TPSA) is 49.4 Å². The molecular weight excluding hydrogens is 386 g/mol. The van der Waals surface area contributed by atoms with E-state index in [0.717, 1.165) is 6.42 Å². The fraction of sp³-hybridized carbons (Fsp3) is 0.619. The highest BCUT2D eigenvalue weighted by molar-refractivity contribution is 5.98. The molecule has 0 saturated carbocycles. The van der Waals surface area contributed by atoms with Crippen molar-refractivity contribution in [3.05, 3.63) is 35.4 Å². The summed E-state index contributed by atoms with van der Waals surface area (Å²) in [5, 5.41) is 2.61. The van der Waals surface area contributed by atoms with Gasteiger partial charge in [0.1, 0.15) is 0 Å². The summed E-state index contributed by atoms with van der Waals surface area (Å²) in [4.78, 5) is 26.8. The van der Waals surface area contributed by atoms with Gasteiger partial charge in [-0.25, -0.2) is 8.78 Å². The van der Waals surface area contributed by atoms with Crippen LogP contribution in [0.3, 0.4) is 0 Å². The van der Waals surface area contributed by atoms with Crippen LogP contribution in [0.2, 0.25) is 0 Å². The van der Waals surface area contributed by atoms with Gasteiger partial charge in [-0.3, -0.25) is 14.9 Å². The van der Waals surface area contributed by atoms with Gasteiger partial charge in [-0.1, -0.05) is 38.1 Å². The Morgan fingerprint density at radius 2 is 1.79 bits per heavy atom. The van der Waals surface area contributed by atoms with Crippen molar-refractivity contribution in [3.63, 3.8) is 0 Å². The lowest BCUT2D eigenvalue weighted by molar-refractivity contribution is -0.135. The number of alkyl halides is 2. The van der Waals surface area contributed by atoms with Crippen LogP contribution in [0.25, 0.3) is 0 Å². The van der Waals surface area contributed by atoms with Crippen molar-refractivity contribution in [3.8, 4) is 0 Å². The zero-order valence-electron chi connectivity index (χ0n) is 16.4. The SMILES string of the molecule is CC(C)Cc1ccc(C(=O)C2CCN(C(=O)C3CC(F)(F)CN3)CC2)cc1.Cl. The predicted octanol–water partition coefficient (Wildman–Crippen LogP) is 3.73. The average Bonchev–Trinajstić information content (AvgIpc) is 3.01. The van der Waals surface area contributed by atoms with Crippen LogP contribution in [0.4, 0.5) is 8.78 Å². The Bertz CT molecular complexity index is 686. The second-order valence-electron chi connectivity index (χ2n) is 8.25. The monoisotopic (exact) mass is 414 g/mol. The zero-order valence-corrected chi connectivity index (χ0v) is 17.2. The molecule has 2 heterocycles. The number of benzene rings is 1. The first-order valence-corrected chi connectivity index (χ1v) is 9.78. The Balaban J connectivity index is 0.00000280. The highest BCUT2D eigenvalue weighted by Gasteiger charge is 2.44.